The molecule has 3 saturated heterocycles. The van der Waals surface area contributed by atoms with E-state index in [0.717, 1.165) is 5.56 Å². The van der Waals surface area contributed by atoms with Crippen molar-refractivity contribution in [1.29, 1.82) is 0 Å². The lowest BCUT2D eigenvalue weighted by molar-refractivity contribution is -0.146. The Morgan fingerprint density at radius 1 is 1.08 bits per heavy atom. The average molecular weight is 492 g/mol. The van der Waals surface area contributed by atoms with Crippen molar-refractivity contribution in [2.75, 3.05) is 18.5 Å². The Balaban J connectivity index is 1.48. The van der Waals surface area contributed by atoms with Crippen LogP contribution in [-0.4, -0.2) is 58.1 Å². The van der Waals surface area contributed by atoms with Crippen molar-refractivity contribution >= 4 is 23.4 Å². The zero-order valence-electron chi connectivity index (χ0n) is 20.6. The summed E-state index contributed by atoms with van der Waals surface area (Å²) < 4.78 is 6.67. The van der Waals surface area contributed by atoms with Crippen LogP contribution in [0.25, 0.3) is 0 Å². The van der Waals surface area contributed by atoms with Gasteiger partial charge in [0.05, 0.1) is 17.4 Å². The van der Waals surface area contributed by atoms with Gasteiger partial charge in [0.1, 0.15) is 11.6 Å². The summed E-state index contributed by atoms with van der Waals surface area (Å²) in [5.41, 5.74) is -0.376. The van der Waals surface area contributed by atoms with Gasteiger partial charge in [-0.25, -0.2) is 0 Å². The molecular formula is C28H33N3O5. The number of carbonyl (C=O) groups excluding carboxylic acids is 3. The SMILES string of the molecule is CC1CC23O[C@]1(C)[C@@H](C(=O)Nc1ccccc1)[C@H]2C(=O)N(CCCO)C3C(=O)NCc1ccccc1. The number of carbonyl (C=O) groups is 3. The molecule has 8 nitrogen and oxygen atoms in total. The van der Waals surface area contributed by atoms with E-state index in [1.54, 1.807) is 12.1 Å². The molecule has 1 spiro atoms. The maximum absolute atomic E-state index is 13.9. The quantitative estimate of drug-likeness (QED) is 0.525. The third kappa shape index (κ3) is 3.79. The number of likely N-dealkylation sites (tertiary alicyclic amines) is 1. The summed E-state index contributed by atoms with van der Waals surface area (Å²) in [6.45, 7) is 4.35. The van der Waals surface area contributed by atoms with Crippen molar-refractivity contribution in [1.82, 2.24) is 10.2 Å². The lowest BCUT2D eigenvalue weighted by Gasteiger charge is -2.36. The Labute approximate surface area is 211 Å². The number of benzene rings is 2. The molecule has 0 radical (unpaired) electrons. The normalized spacial score (nSPS) is 32.4. The predicted octanol–water partition coefficient (Wildman–Crippen LogP) is 2.33. The van der Waals surface area contributed by atoms with Gasteiger partial charge in [0.25, 0.3) is 0 Å². The molecule has 8 heteroatoms. The van der Waals surface area contributed by atoms with E-state index < -0.39 is 29.1 Å². The molecule has 3 fully saturated rings. The number of aliphatic hydroxyl groups excluding tert-OH is 1. The lowest BCUT2D eigenvalue weighted by Crippen LogP contribution is -2.55. The number of aliphatic hydroxyl groups is 1. The second-order valence-corrected chi connectivity index (χ2v) is 10.4. The summed E-state index contributed by atoms with van der Waals surface area (Å²) in [7, 11) is 0. The molecule has 3 unspecified atom stereocenters. The van der Waals surface area contributed by atoms with Gasteiger partial charge < -0.3 is 25.4 Å². The molecule has 6 atom stereocenters. The fourth-order valence-corrected chi connectivity index (χ4v) is 6.54. The number of hydrogen-bond acceptors (Lipinski definition) is 5. The van der Waals surface area contributed by atoms with E-state index in [2.05, 4.69) is 10.6 Å². The van der Waals surface area contributed by atoms with Crippen LogP contribution in [0.4, 0.5) is 5.69 Å². The van der Waals surface area contributed by atoms with Gasteiger partial charge in [0.2, 0.25) is 17.7 Å². The number of fused-ring (bicyclic) bond motifs is 1. The molecule has 3 N–H and O–H groups in total. The van der Waals surface area contributed by atoms with Crippen LogP contribution in [0.3, 0.4) is 0 Å². The van der Waals surface area contributed by atoms with E-state index in [9.17, 15) is 19.5 Å². The molecule has 3 aliphatic rings. The first-order chi connectivity index (χ1) is 17.3. The molecule has 2 bridgehead atoms. The van der Waals surface area contributed by atoms with Crippen LogP contribution in [0.2, 0.25) is 0 Å². The highest BCUT2D eigenvalue weighted by Crippen LogP contribution is 2.65. The standard InChI is InChI=1S/C28H33N3O5/c1-18-16-28-22(21(27(18,2)36-28)24(33)30-20-12-7-4-8-13-20)26(35)31(14-9-15-32)23(28)25(34)29-17-19-10-5-3-6-11-19/h3-8,10-13,18,21-23,32H,9,14-17H2,1-2H3,(H,29,34)(H,30,33)/t18?,21-,22+,23?,27+,28?/m1/s1. The molecule has 5 rings (SSSR count). The summed E-state index contributed by atoms with van der Waals surface area (Å²) in [5.74, 6) is -2.37. The van der Waals surface area contributed by atoms with Gasteiger partial charge in [-0.1, -0.05) is 55.5 Å². The lowest BCUT2D eigenvalue weighted by atomic mass is 9.62. The van der Waals surface area contributed by atoms with Crippen molar-refractivity contribution in [3.63, 3.8) is 0 Å². The third-order valence-corrected chi connectivity index (χ3v) is 8.25. The minimum absolute atomic E-state index is 0.0321. The van der Waals surface area contributed by atoms with Crippen LogP contribution >= 0.6 is 0 Å². The van der Waals surface area contributed by atoms with E-state index >= 15 is 0 Å². The van der Waals surface area contributed by atoms with Crippen molar-refractivity contribution in [2.45, 2.75) is 50.5 Å². The van der Waals surface area contributed by atoms with E-state index in [4.69, 9.17) is 4.74 Å². The van der Waals surface area contributed by atoms with Gasteiger partial charge in [-0.2, -0.15) is 0 Å². The molecule has 2 aromatic carbocycles. The van der Waals surface area contributed by atoms with Crippen molar-refractivity contribution in [3.05, 3.63) is 66.2 Å². The molecule has 3 heterocycles. The summed E-state index contributed by atoms with van der Waals surface area (Å²) >= 11 is 0. The van der Waals surface area contributed by atoms with E-state index in [1.165, 1.54) is 4.90 Å². The zero-order valence-corrected chi connectivity index (χ0v) is 20.6. The van der Waals surface area contributed by atoms with Gasteiger partial charge in [-0.3, -0.25) is 14.4 Å². The van der Waals surface area contributed by atoms with E-state index in [-0.39, 0.29) is 36.8 Å². The van der Waals surface area contributed by atoms with Crippen LogP contribution in [-0.2, 0) is 25.7 Å². The van der Waals surface area contributed by atoms with Gasteiger partial charge >= 0.3 is 0 Å². The maximum Gasteiger partial charge on any atom is 0.246 e. The number of hydrogen-bond donors (Lipinski definition) is 3. The van der Waals surface area contributed by atoms with Gasteiger partial charge in [-0.05, 0) is 43.4 Å². The highest BCUT2D eigenvalue weighted by molar-refractivity contribution is 6.02. The van der Waals surface area contributed by atoms with Crippen LogP contribution in [0.15, 0.2) is 60.7 Å². The van der Waals surface area contributed by atoms with Crippen molar-refractivity contribution < 1.29 is 24.2 Å². The molecule has 0 aromatic heterocycles. The Morgan fingerprint density at radius 2 is 1.75 bits per heavy atom. The number of nitrogens with one attached hydrogen (secondary N) is 2. The minimum atomic E-state index is -1.10. The third-order valence-electron chi connectivity index (χ3n) is 8.25. The summed E-state index contributed by atoms with van der Waals surface area (Å²) in [4.78, 5) is 42.8. The second kappa shape index (κ2) is 9.33. The smallest absolute Gasteiger partial charge is 0.246 e. The second-order valence-electron chi connectivity index (χ2n) is 10.4. The topological polar surface area (TPSA) is 108 Å². The van der Waals surface area contributed by atoms with Gasteiger partial charge in [0.15, 0.2) is 0 Å². The summed E-state index contributed by atoms with van der Waals surface area (Å²) in [6.07, 6.45) is 0.846. The molecule has 0 saturated carbocycles. The monoisotopic (exact) mass is 491 g/mol. The van der Waals surface area contributed by atoms with Crippen molar-refractivity contribution in [2.24, 2.45) is 17.8 Å². The van der Waals surface area contributed by atoms with Crippen LogP contribution in [0, 0.1) is 17.8 Å². The summed E-state index contributed by atoms with van der Waals surface area (Å²) in [6, 6.07) is 17.9. The Bertz CT molecular complexity index is 1140. The Kier molecular flexibility index (Phi) is 6.34. The molecule has 2 aromatic rings. The summed E-state index contributed by atoms with van der Waals surface area (Å²) in [5, 5.41) is 15.4. The maximum atomic E-state index is 13.9. The van der Waals surface area contributed by atoms with Crippen LogP contribution in [0.1, 0.15) is 32.3 Å². The zero-order chi connectivity index (χ0) is 25.5. The van der Waals surface area contributed by atoms with Gasteiger partial charge in [0, 0.05) is 25.4 Å². The van der Waals surface area contributed by atoms with Gasteiger partial charge in [-0.15, -0.1) is 0 Å². The van der Waals surface area contributed by atoms with Crippen LogP contribution < -0.4 is 10.6 Å². The predicted molar refractivity (Wildman–Crippen MR) is 134 cm³/mol. The number of nitrogens with zero attached hydrogens (tertiary/aromatic N) is 1. The first kappa shape index (κ1) is 24.5. The van der Waals surface area contributed by atoms with Crippen molar-refractivity contribution in [3.8, 4) is 0 Å². The molecule has 36 heavy (non-hydrogen) atoms. The fourth-order valence-electron chi connectivity index (χ4n) is 6.54. The van der Waals surface area contributed by atoms with E-state index in [1.807, 2.05) is 62.4 Å². The molecular weight excluding hydrogens is 458 g/mol. The number of ether oxygens (including phenoxy) is 1. The average Bonchev–Trinajstić information content (AvgIpc) is 3.39. The highest BCUT2D eigenvalue weighted by Gasteiger charge is 2.79. The molecule has 3 amide bonds. The van der Waals surface area contributed by atoms with Crippen LogP contribution in [0.5, 0.6) is 0 Å². The number of rotatable bonds is 8. The Hall–Kier alpha value is -3.23. The molecule has 3 aliphatic heterocycles. The fraction of sp³-hybridized carbons (Fsp3) is 0.464. The number of para-hydroxylation sites is 1. The Morgan fingerprint density at radius 3 is 2.42 bits per heavy atom. The first-order valence-electron chi connectivity index (χ1n) is 12.6. The number of anilines is 1. The molecule has 0 aliphatic carbocycles. The molecule has 190 valence electrons. The van der Waals surface area contributed by atoms with E-state index in [0.29, 0.717) is 25.1 Å². The first-order valence-corrected chi connectivity index (χ1v) is 12.6. The highest BCUT2D eigenvalue weighted by atomic mass is 16.5. The minimum Gasteiger partial charge on any atom is -0.396 e. The number of amides is 3. The largest absolute Gasteiger partial charge is 0.396 e.